The van der Waals surface area contributed by atoms with Gasteiger partial charge >= 0.3 is 0 Å². The first kappa shape index (κ1) is 22.9. The Balaban J connectivity index is 1.41. The number of nitrogens with one attached hydrogen (secondary N) is 2. The highest BCUT2D eigenvalue weighted by molar-refractivity contribution is 5.80. The lowest BCUT2D eigenvalue weighted by Crippen LogP contribution is -2.16. The number of H-pyrrole nitrogens is 1. The van der Waals surface area contributed by atoms with Crippen molar-refractivity contribution in [1.82, 2.24) is 9.97 Å². The van der Waals surface area contributed by atoms with Crippen LogP contribution in [0.1, 0.15) is 22.3 Å². The Kier molecular flexibility index (Phi) is 6.91. The Morgan fingerprint density at radius 1 is 1.06 bits per heavy atom. The standard InChI is InChI=1S/C26H17FN6O2/c27-23-12-18(13-28)6-9-20(23)16-35-21-10-7-17(8-11-21)15-30-33-26-31-24(19-4-2-1-3-5-19)22(14-29)25(34)32-26/h1-12,15H,16H2,(H2,31,32,33,34). The van der Waals surface area contributed by atoms with Crippen molar-refractivity contribution in [3.63, 3.8) is 0 Å². The first-order valence-corrected chi connectivity index (χ1v) is 10.4. The number of rotatable bonds is 7. The predicted octanol–water partition coefficient (Wildman–Crippen LogP) is 4.34. The van der Waals surface area contributed by atoms with Crippen LogP contribution in [-0.4, -0.2) is 16.2 Å². The molecule has 4 aromatic rings. The van der Waals surface area contributed by atoms with Crippen molar-refractivity contribution in [1.29, 1.82) is 10.5 Å². The Bertz CT molecular complexity index is 1520. The van der Waals surface area contributed by atoms with Gasteiger partial charge in [-0.05, 0) is 42.0 Å². The number of anilines is 1. The van der Waals surface area contributed by atoms with E-state index in [9.17, 15) is 14.4 Å². The van der Waals surface area contributed by atoms with Crippen LogP contribution >= 0.6 is 0 Å². The molecule has 0 atom stereocenters. The molecule has 35 heavy (non-hydrogen) atoms. The summed E-state index contributed by atoms with van der Waals surface area (Å²) in [6.45, 7) is 0.0218. The molecule has 0 unspecified atom stereocenters. The van der Waals surface area contributed by atoms with E-state index >= 15 is 0 Å². The van der Waals surface area contributed by atoms with E-state index < -0.39 is 11.4 Å². The minimum Gasteiger partial charge on any atom is -0.489 e. The van der Waals surface area contributed by atoms with Crippen LogP contribution in [0, 0.1) is 28.5 Å². The van der Waals surface area contributed by atoms with Crippen molar-refractivity contribution >= 4 is 12.2 Å². The van der Waals surface area contributed by atoms with Crippen molar-refractivity contribution in [3.8, 4) is 29.1 Å². The number of nitriles is 2. The number of aromatic nitrogens is 2. The maximum absolute atomic E-state index is 14.0. The third kappa shape index (κ3) is 5.56. The van der Waals surface area contributed by atoms with Crippen LogP contribution in [0.4, 0.5) is 10.3 Å². The van der Waals surface area contributed by atoms with Crippen molar-refractivity contribution in [2.75, 3.05) is 5.43 Å². The number of hydrazone groups is 1. The third-order valence-electron chi connectivity index (χ3n) is 4.92. The fourth-order valence-corrected chi connectivity index (χ4v) is 3.15. The largest absolute Gasteiger partial charge is 0.489 e. The maximum Gasteiger partial charge on any atom is 0.270 e. The molecule has 0 aliphatic rings. The molecule has 4 rings (SSSR count). The molecule has 3 aromatic carbocycles. The van der Waals surface area contributed by atoms with Crippen LogP contribution < -0.4 is 15.7 Å². The van der Waals surface area contributed by atoms with E-state index in [1.165, 1.54) is 24.4 Å². The summed E-state index contributed by atoms with van der Waals surface area (Å²) < 4.78 is 19.6. The van der Waals surface area contributed by atoms with Crippen LogP contribution in [0.25, 0.3) is 11.3 Å². The molecule has 170 valence electrons. The lowest BCUT2D eigenvalue weighted by molar-refractivity contribution is 0.300. The van der Waals surface area contributed by atoms with Crippen LogP contribution in [-0.2, 0) is 6.61 Å². The van der Waals surface area contributed by atoms with Gasteiger partial charge in [-0.25, -0.2) is 14.8 Å². The number of benzene rings is 3. The quantitative estimate of drug-likeness (QED) is 0.309. The monoisotopic (exact) mass is 464 g/mol. The zero-order valence-corrected chi connectivity index (χ0v) is 18.2. The van der Waals surface area contributed by atoms with Gasteiger partial charge < -0.3 is 4.74 Å². The molecule has 0 amide bonds. The highest BCUT2D eigenvalue weighted by atomic mass is 19.1. The molecular formula is C26H17FN6O2. The molecule has 0 radical (unpaired) electrons. The topological polar surface area (TPSA) is 127 Å². The molecule has 0 aliphatic heterocycles. The van der Waals surface area contributed by atoms with E-state index in [0.717, 1.165) is 5.56 Å². The van der Waals surface area contributed by atoms with Crippen LogP contribution in [0.3, 0.4) is 0 Å². The lowest BCUT2D eigenvalue weighted by Gasteiger charge is -2.08. The smallest absolute Gasteiger partial charge is 0.270 e. The zero-order chi connectivity index (χ0) is 24.6. The molecule has 0 saturated carbocycles. The summed E-state index contributed by atoms with van der Waals surface area (Å²) in [5.41, 5.74) is 4.24. The average Bonchev–Trinajstić information content (AvgIpc) is 2.89. The minimum atomic E-state index is -0.570. The number of nitrogens with zero attached hydrogens (tertiary/aromatic N) is 4. The Hall–Kier alpha value is -5.28. The summed E-state index contributed by atoms with van der Waals surface area (Å²) >= 11 is 0. The Labute approximate surface area is 199 Å². The lowest BCUT2D eigenvalue weighted by atomic mass is 10.1. The van der Waals surface area contributed by atoms with Crippen molar-refractivity contribution in [2.24, 2.45) is 5.10 Å². The van der Waals surface area contributed by atoms with E-state index in [4.69, 9.17) is 10.00 Å². The first-order valence-electron chi connectivity index (χ1n) is 10.4. The normalized spacial score (nSPS) is 10.5. The number of hydrogen-bond acceptors (Lipinski definition) is 7. The van der Waals surface area contributed by atoms with E-state index in [0.29, 0.717) is 16.9 Å². The molecule has 0 saturated heterocycles. The molecular weight excluding hydrogens is 447 g/mol. The molecule has 1 aromatic heterocycles. The van der Waals surface area contributed by atoms with E-state index in [-0.39, 0.29) is 29.4 Å². The van der Waals surface area contributed by atoms with Crippen molar-refractivity contribution in [2.45, 2.75) is 6.61 Å². The van der Waals surface area contributed by atoms with Crippen molar-refractivity contribution < 1.29 is 9.13 Å². The van der Waals surface area contributed by atoms with Gasteiger partial charge in [0.15, 0.2) is 0 Å². The number of hydrogen-bond donors (Lipinski definition) is 2. The third-order valence-corrected chi connectivity index (χ3v) is 4.92. The average molecular weight is 464 g/mol. The summed E-state index contributed by atoms with van der Waals surface area (Å²) in [5.74, 6) is 0.127. The molecule has 0 spiro atoms. The molecule has 0 bridgehead atoms. The number of aromatic amines is 1. The van der Waals surface area contributed by atoms with E-state index in [2.05, 4.69) is 20.5 Å². The summed E-state index contributed by atoms with van der Waals surface area (Å²) in [4.78, 5) is 19.1. The van der Waals surface area contributed by atoms with Gasteiger partial charge in [-0.3, -0.25) is 9.78 Å². The summed E-state index contributed by atoms with van der Waals surface area (Å²) in [7, 11) is 0. The van der Waals surface area contributed by atoms with Gasteiger partial charge in [0, 0.05) is 11.1 Å². The van der Waals surface area contributed by atoms with E-state index in [1.54, 1.807) is 48.5 Å². The van der Waals surface area contributed by atoms with Gasteiger partial charge in [0.1, 0.15) is 29.8 Å². The van der Waals surface area contributed by atoms with Gasteiger partial charge in [0.2, 0.25) is 5.95 Å². The number of halogens is 1. The maximum atomic E-state index is 14.0. The summed E-state index contributed by atoms with van der Waals surface area (Å²) in [6, 6.07) is 23.8. The SMILES string of the molecule is N#Cc1ccc(COc2ccc(C=NNc3nc(-c4ccccc4)c(C#N)c(=O)[nH]3)cc2)c(F)c1. The summed E-state index contributed by atoms with van der Waals surface area (Å²) in [6.07, 6.45) is 1.52. The van der Waals surface area contributed by atoms with E-state index in [1.807, 2.05) is 18.2 Å². The second-order valence-electron chi connectivity index (χ2n) is 7.26. The molecule has 8 nitrogen and oxygen atoms in total. The van der Waals surface area contributed by atoms with Crippen LogP contribution in [0.5, 0.6) is 5.75 Å². The Morgan fingerprint density at radius 3 is 2.51 bits per heavy atom. The van der Waals surface area contributed by atoms with Crippen LogP contribution in [0.2, 0.25) is 0 Å². The molecule has 0 fully saturated rings. The van der Waals surface area contributed by atoms with Gasteiger partial charge in [-0.1, -0.05) is 36.4 Å². The van der Waals surface area contributed by atoms with Gasteiger partial charge in [0.25, 0.3) is 5.56 Å². The van der Waals surface area contributed by atoms with Gasteiger partial charge in [-0.2, -0.15) is 15.6 Å². The molecule has 0 aliphatic carbocycles. The van der Waals surface area contributed by atoms with Crippen molar-refractivity contribution in [3.05, 3.63) is 111 Å². The second-order valence-corrected chi connectivity index (χ2v) is 7.26. The molecule has 1 heterocycles. The fraction of sp³-hybridized carbons (Fsp3) is 0.0385. The minimum absolute atomic E-state index is 0.0218. The van der Waals surface area contributed by atoms with Gasteiger partial charge in [0.05, 0.1) is 23.5 Å². The highest BCUT2D eigenvalue weighted by Crippen LogP contribution is 2.20. The number of ether oxygens (including phenoxy) is 1. The molecule has 9 heteroatoms. The highest BCUT2D eigenvalue weighted by Gasteiger charge is 2.12. The second kappa shape index (κ2) is 10.6. The summed E-state index contributed by atoms with van der Waals surface area (Å²) in [5, 5.41) is 22.2. The predicted molar refractivity (Wildman–Crippen MR) is 128 cm³/mol. The van der Waals surface area contributed by atoms with Gasteiger partial charge in [-0.15, -0.1) is 0 Å². The Morgan fingerprint density at radius 2 is 1.83 bits per heavy atom. The zero-order valence-electron chi connectivity index (χ0n) is 18.2. The first-order chi connectivity index (χ1) is 17.1. The fourth-order valence-electron chi connectivity index (χ4n) is 3.15. The molecule has 2 N–H and O–H groups in total. The van der Waals surface area contributed by atoms with Crippen LogP contribution in [0.15, 0.2) is 82.7 Å².